The first-order chi connectivity index (χ1) is 8.76. The highest BCUT2D eigenvalue weighted by atomic mass is 16.3. The Hall–Kier alpha value is -2.27. The molecule has 2 aromatic heterocycles. The fourth-order valence-corrected chi connectivity index (χ4v) is 1.87. The van der Waals surface area contributed by atoms with Crippen LogP contribution in [0.4, 0.5) is 0 Å². The van der Waals surface area contributed by atoms with Gasteiger partial charge in [0.15, 0.2) is 0 Å². The van der Waals surface area contributed by atoms with Crippen LogP contribution in [0.5, 0.6) is 0 Å². The third kappa shape index (κ3) is 2.36. The standard InChI is InChI=1S/C13H15N3O2/c1-2-7-16-10(9-11-4-3-8-18-11)5-6-12(16)13(17)15-14/h2-6,8H,1,7,9,14H2,(H,15,17). The lowest BCUT2D eigenvalue weighted by Gasteiger charge is -2.09. The maximum absolute atomic E-state index is 11.6. The molecule has 5 heteroatoms. The van der Waals surface area contributed by atoms with Crippen molar-refractivity contribution in [1.29, 1.82) is 0 Å². The van der Waals surface area contributed by atoms with Crippen molar-refractivity contribution < 1.29 is 9.21 Å². The Kier molecular flexibility index (Phi) is 3.64. The van der Waals surface area contributed by atoms with Gasteiger partial charge in [-0.15, -0.1) is 6.58 Å². The largest absolute Gasteiger partial charge is 0.469 e. The molecule has 0 radical (unpaired) electrons. The highest BCUT2D eigenvalue weighted by Crippen LogP contribution is 2.15. The minimum atomic E-state index is -0.317. The van der Waals surface area contributed by atoms with E-state index in [-0.39, 0.29) is 5.91 Å². The van der Waals surface area contributed by atoms with Crippen molar-refractivity contribution in [2.24, 2.45) is 5.84 Å². The van der Waals surface area contributed by atoms with Crippen molar-refractivity contribution in [3.63, 3.8) is 0 Å². The predicted octanol–water partition coefficient (Wildman–Crippen LogP) is 1.46. The molecule has 0 atom stereocenters. The number of hydrazine groups is 1. The smallest absolute Gasteiger partial charge is 0.281 e. The Labute approximate surface area is 105 Å². The number of aromatic nitrogens is 1. The van der Waals surface area contributed by atoms with E-state index in [1.54, 1.807) is 18.4 Å². The van der Waals surface area contributed by atoms with Crippen LogP contribution < -0.4 is 11.3 Å². The predicted molar refractivity (Wildman–Crippen MR) is 67.8 cm³/mol. The van der Waals surface area contributed by atoms with E-state index in [0.717, 1.165) is 11.5 Å². The summed E-state index contributed by atoms with van der Waals surface area (Å²) in [5.74, 6) is 5.69. The number of nitrogens with one attached hydrogen (secondary N) is 1. The highest BCUT2D eigenvalue weighted by Gasteiger charge is 2.14. The molecule has 0 unspecified atom stereocenters. The lowest BCUT2D eigenvalue weighted by molar-refractivity contribution is 0.0944. The average molecular weight is 245 g/mol. The SMILES string of the molecule is C=CCn1c(Cc2ccco2)ccc1C(=O)NN. The molecular formula is C13H15N3O2. The van der Waals surface area contributed by atoms with Crippen molar-refractivity contribution in [3.8, 4) is 0 Å². The number of hydrogen-bond donors (Lipinski definition) is 2. The first kappa shape index (κ1) is 12.2. The Balaban J connectivity index is 2.32. The monoisotopic (exact) mass is 245 g/mol. The fraction of sp³-hybridized carbons (Fsp3) is 0.154. The minimum Gasteiger partial charge on any atom is -0.469 e. The second-order valence-electron chi connectivity index (χ2n) is 3.84. The van der Waals surface area contributed by atoms with E-state index in [9.17, 15) is 4.79 Å². The molecule has 0 aliphatic carbocycles. The summed E-state index contributed by atoms with van der Waals surface area (Å²) in [4.78, 5) is 11.6. The number of amides is 1. The van der Waals surface area contributed by atoms with E-state index in [0.29, 0.717) is 18.7 Å². The lowest BCUT2D eigenvalue weighted by atomic mass is 10.2. The Bertz CT molecular complexity index is 541. The van der Waals surface area contributed by atoms with Crippen LogP contribution in [0.2, 0.25) is 0 Å². The van der Waals surface area contributed by atoms with Gasteiger partial charge >= 0.3 is 0 Å². The molecule has 0 fully saturated rings. The summed E-state index contributed by atoms with van der Waals surface area (Å²) >= 11 is 0. The third-order valence-electron chi connectivity index (χ3n) is 2.68. The number of nitrogen functional groups attached to an aromatic ring is 1. The molecule has 2 rings (SSSR count). The first-order valence-corrected chi connectivity index (χ1v) is 5.59. The van der Waals surface area contributed by atoms with Crippen molar-refractivity contribution in [2.75, 3.05) is 0 Å². The quantitative estimate of drug-likeness (QED) is 0.362. The normalized spacial score (nSPS) is 10.3. The van der Waals surface area contributed by atoms with Crippen molar-refractivity contribution in [3.05, 3.63) is 60.3 Å². The van der Waals surface area contributed by atoms with E-state index in [4.69, 9.17) is 10.3 Å². The number of carbonyl (C=O) groups excluding carboxylic acids is 1. The summed E-state index contributed by atoms with van der Waals surface area (Å²) in [6.07, 6.45) is 3.99. The zero-order valence-corrected chi connectivity index (χ0v) is 9.93. The van der Waals surface area contributed by atoms with Gasteiger partial charge in [0.25, 0.3) is 5.91 Å². The third-order valence-corrected chi connectivity index (χ3v) is 2.68. The van der Waals surface area contributed by atoms with Crippen molar-refractivity contribution in [1.82, 2.24) is 9.99 Å². The van der Waals surface area contributed by atoms with Crippen LogP contribution in [0.1, 0.15) is 21.9 Å². The molecule has 0 aliphatic rings. The van der Waals surface area contributed by atoms with Crippen LogP contribution in [0.15, 0.2) is 47.6 Å². The van der Waals surface area contributed by atoms with E-state index < -0.39 is 0 Å². The van der Waals surface area contributed by atoms with Gasteiger partial charge in [-0.1, -0.05) is 6.08 Å². The van der Waals surface area contributed by atoms with Crippen molar-refractivity contribution >= 4 is 5.91 Å². The number of carbonyl (C=O) groups is 1. The van der Waals surface area contributed by atoms with Crippen molar-refractivity contribution in [2.45, 2.75) is 13.0 Å². The second-order valence-corrected chi connectivity index (χ2v) is 3.84. The van der Waals surface area contributed by atoms with E-state index in [2.05, 4.69) is 12.0 Å². The molecule has 0 aromatic carbocycles. The number of allylic oxidation sites excluding steroid dienone is 1. The number of furan rings is 1. The van der Waals surface area contributed by atoms with Crippen LogP contribution >= 0.6 is 0 Å². The van der Waals surface area contributed by atoms with Gasteiger partial charge in [0.2, 0.25) is 0 Å². The first-order valence-electron chi connectivity index (χ1n) is 5.59. The van der Waals surface area contributed by atoms with Crippen LogP contribution in [0, 0.1) is 0 Å². The van der Waals surface area contributed by atoms with Crippen LogP contribution in [0.3, 0.4) is 0 Å². The van der Waals surface area contributed by atoms with Gasteiger partial charge in [-0.3, -0.25) is 10.2 Å². The van der Waals surface area contributed by atoms with Crippen LogP contribution in [-0.4, -0.2) is 10.5 Å². The van der Waals surface area contributed by atoms with Gasteiger partial charge in [-0.05, 0) is 24.3 Å². The molecule has 3 N–H and O–H groups in total. The number of rotatable bonds is 5. The molecule has 0 saturated carbocycles. The van der Waals surface area contributed by atoms with Gasteiger partial charge in [0, 0.05) is 18.7 Å². The molecule has 2 heterocycles. The Morgan fingerprint density at radius 3 is 2.94 bits per heavy atom. The summed E-state index contributed by atoms with van der Waals surface area (Å²) in [6, 6.07) is 7.36. The zero-order chi connectivity index (χ0) is 13.0. The van der Waals surface area contributed by atoms with Gasteiger partial charge in [0.1, 0.15) is 11.5 Å². The molecule has 2 aromatic rings. The van der Waals surface area contributed by atoms with E-state index in [1.165, 1.54) is 0 Å². The molecular weight excluding hydrogens is 230 g/mol. The maximum atomic E-state index is 11.6. The summed E-state index contributed by atoms with van der Waals surface area (Å²) in [7, 11) is 0. The molecule has 0 saturated heterocycles. The minimum absolute atomic E-state index is 0.317. The number of nitrogens with zero attached hydrogens (tertiary/aromatic N) is 1. The van der Waals surface area contributed by atoms with Crippen LogP contribution in [-0.2, 0) is 13.0 Å². The molecule has 0 spiro atoms. The Morgan fingerprint density at radius 1 is 1.50 bits per heavy atom. The molecule has 0 bridgehead atoms. The summed E-state index contributed by atoms with van der Waals surface area (Å²) in [6.45, 7) is 4.24. The lowest BCUT2D eigenvalue weighted by Crippen LogP contribution is -2.32. The highest BCUT2D eigenvalue weighted by molar-refractivity contribution is 5.92. The molecule has 18 heavy (non-hydrogen) atoms. The fourth-order valence-electron chi connectivity index (χ4n) is 1.87. The number of hydrogen-bond acceptors (Lipinski definition) is 3. The molecule has 5 nitrogen and oxygen atoms in total. The van der Waals surface area contributed by atoms with Gasteiger partial charge in [-0.25, -0.2) is 5.84 Å². The topological polar surface area (TPSA) is 73.2 Å². The Morgan fingerprint density at radius 2 is 2.33 bits per heavy atom. The van der Waals surface area contributed by atoms with E-state index >= 15 is 0 Å². The molecule has 0 aliphatic heterocycles. The zero-order valence-electron chi connectivity index (χ0n) is 9.93. The summed E-state index contributed by atoms with van der Waals surface area (Å²) < 4.78 is 7.16. The van der Waals surface area contributed by atoms with Gasteiger partial charge in [-0.2, -0.15) is 0 Å². The maximum Gasteiger partial charge on any atom is 0.281 e. The molecule has 1 amide bonds. The van der Waals surface area contributed by atoms with E-state index in [1.807, 2.05) is 22.8 Å². The van der Waals surface area contributed by atoms with Gasteiger partial charge < -0.3 is 8.98 Å². The summed E-state index contributed by atoms with van der Waals surface area (Å²) in [5, 5.41) is 0. The van der Waals surface area contributed by atoms with Crippen LogP contribution in [0.25, 0.3) is 0 Å². The average Bonchev–Trinajstić information content (AvgIpc) is 3.01. The number of nitrogens with two attached hydrogens (primary N) is 1. The second kappa shape index (κ2) is 5.37. The van der Waals surface area contributed by atoms with Gasteiger partial charge in [0.05, 0.1) is 6.26 Å². The summed E-state index contributed by atoms with van der Waals surface area (Å²) in [5.41, 5.74) is 3.62. The molecule has 94 valence electrons.